The maximum atomic E-state index is 10.7. The van der Waals surface area contributed by atoms with E-state index in [9.17, 15) is 4.79 Å². The SMILES string of the molecule is CC.CNC(=O)NC1CC(C)C1. The Balaban J connectivity index is 0.000000561. The Morgan fingerprint density at radius 3 is 2.17 bits per heavy atom. The topological polar surface area (TPSA) is 41.1 Å². The Hall–Kier alpha value is -0.730. The van der Waals surface area contributed by atoms with Crippen LogP contribution in [0.4, 0.5) is 4.79 Å². The summed E-state index contributed by atoms with van der Waals surface area (Å²) in [5, 5.41) is 5.38. The van der Waals surface area contributed by atoms with Crippen molar-refractivity contribution in [3.8, 4) is 0 Å². The molecular weight excluding hydrogens is 152 g/mol. The van der Waals surface area contributed by atoms with E-state index in [1.165, 1.54) is 0 Å². The van der Waals surface area contributed by atoms with E-state index in [0.29, 0.717) is 6.04 Å². The predicted molar refractivity (Wildman–Crippen MR) is 51.1 cm³/mol. The van der Waals surface area contributed by atoms with Crippen molar-refractivity contribution >= 4 is 6.03 Å². The van der Waals surface area contributed by atoms with E-state index in [2.05, 4.69) is 17.6 Å². The van der Waals surface area contributed by atoms with Crippen molar-refractivity contribution in [3.05, 3.63) is 0 Å². The molecular formula is C9H20N2O. The molecule has 0 spiro atoms. The van der Waals surface area contributed by atoms with Crippen LogP contribution >= 0.6 is 0 Å². The molecule has 0 aromatic carbocycles. The van der Waals surface area contributed by atoms with Crippen LogP contribution in [-0.2, 0) is 0 Å². The van der Waals surface area contributed by atoms with Crippen molar-refractivity contribution in [1.82, 2.24) is 10.6 Å². The Kier molecular flexibility index (Phi) is 5.51. The summed E-state index contributed by atoms with van der Waals surface area (Å²) in [6.07, 6.45) is 2.26. The van der Waals surface area contributed by atoms with Crippen molar-refractivity contribution < 1.29 is 4.79 Å². The zero-order chi connectivity index (χ0) is 9.56. The lowest BCUT2D eigenvalue weighted by Gasteiger charge is -2.32. The van der Waals surface area contributed by atoms with Crippen LogP contribution in [-0.4, -0.2) is 19.1 Å². The number of hydrogen-bond donors (Lipinski definition) is 2. The Morgan fingerprint density at radius 2 is 1.83 bits per heavy atom. The molecule has 1 aliphatic carbocycles. The summed E-state index contributed by atoms with van der Waals surface area (Å²) in [7, 11) is 1.64. The zero-order valence-corrected chi connectivity index (χ0v) is 8.48. The highest BCUT2D eigenvalue weighted by molar-refractivity contribution is 5.73. The molecule has 1 rings (SSSR count). The van der Waals surface area contributed by atoms with Gasteiger partial charge in [-0.15, -0.1) is 0 Å². The molecule has 1 fully saturated rings. The summed E-state index contributed by atoms with van der Waals surface area (Å²) in [5.41, 5.74) is 0. The lowest BCUT2D eigenvalue weighted by molar-refractivity contribution is 0.212. The summed E-state index contributed by atoms with van der Waals surface area (Å²) in [5.74, 6) is 0.794. The maximum absolute atomic E-state index is 10.7. The van der Waals surface area contributed by atoms with Gasteiger partial charge in [0.15, 0.2) is 0 Å². The maximum Gasteiger partial charge on any atom is 0.314 e. The first-order chi connectivity index (χ1) is 5.72. The van der Waals surface area contributed by atoms with Crippen LogP contribution in [0.1, 0.15) is 33.6 Å². The van der Waals surface area contributed by atoms with Crippen LogP contribution in [0.2, 0.25) is 0 Å². The number of carbonyl (C=O) groups is 1. The molecule has 1 aliphatic rings. The van der Waals surface area contributed by atoms with Gasteiger partial charge in [0.25, 0.3) is 0 Å². The first kappa shape index (κ1) is 11.3. The van der Waals surface area contributed by atoms with Gasteiger partial charge in [-0.25, -0.2) is 4.79 Å². The molecule has 2 N–H and O–H groups in total. The van der Waals surface area contributed by atoms with E-state index in [0.717, 1.165) is 18.8 Å². The molecule has 2 amide bonds. The lowest BCUT2D eigenvalue weighted by Crippen LogP contribution is -2.46. The highest BCUT2D eigenvalue weighted by Gasteiger charge is 2.25. The van der Waals surface area contributed by atoms with Gasteiger partial charge in [0.05, 0.1) is 0 Å². The summed E-state index contributed by atoms with van der Waals surface area (Å²) >= 11 is 0. The fourth-order valence-corrected chi connectivity index (χ4v) is 1.28. The molecule has 0 radical (unpaired) electrons. The minimum Gasteiger partial charge on any atom is -0.341 e. The molecule has 0 atom stereocenters. The highest BCUT2D eigenvalue weighted by Crippen LogP contribution is 2.25. The number of urea groups is 1. The van der Waals surface area contributed by atoms with Gasteiger partial charge >= 0.3 is 6.03 Å². The van der Waals surface area contributed by atoms with E-state index < -0.39 is 0 Å². The monoisotopic (exact) mass is 172 g/mol. The second kappa shape index (κ2) is 5.86. The first-order valence-corrected chi connectivity index (χ1v) is 4.70. The lowest BCUT2D eigenvalue weighted by atomic mass is 9.82. The number of rotatable bonds is 1. The van der Waals surface area contributed by atoms with E-state index in [-0.39, 0.29) is 6.03 Å². The Morgan fingerprint density at radius 1 is 1.33 bits per heavy atom. The molecule has 0 saturated heterocycles. The molecule has 3 heteroatoms. The fourth-order valence-electron chi connectivity index (χ4n) is 1.28. The average Bonchev–Trinajstić information content (AvgIpc) is 2.05. The normalized spacial score (nSPS) is 26.0. The summed E-state index contributed by atoms with van der Waals surface area (Å²) < 4.78 is 0. The van der Waals surface area contributed by atoms with Gasteiger partial charge in [0.2, 0.25) is 0 Å². The quantitative estimate of drug-likeness (QED) is 0.621. The predicted octanol–water partition coefficient (Wildman–Crippen LogP) is 1.74. The van der Waals surface area contributed by atoms with Crippen molar-refractivity contribution in [2.24, 2.45) is 5.92 Å². The highest BCUT2D eigenvalue weighted by atomic mass is 16.2. The third kappa shape index (κ3) is 3.60. The molecule has 0 aromatic rings. The van der Waals surface area contributed by atoms with Gasteiger partial charge in [0.1, 0.15) is 0 Å². The van der Waals surface area contributed by atoms with Crippen LogP contribution in [0, 0.1) is 5.92 Å². The molecule has 0 heterocycles. The molecule has 0 bridgehead atoms. The number of hydrogen-bond acceptors (Lipinski definition) is 1. The van der Waals surface area contributed by atoms with Crippen LogP contribution in [0.5, 0.6) is 0 Å². The number of carbonyl (C=O) groups excluding carboxylic acids is 1. The average molecular weight is 172 g/mol. The Labute approximate surface area is 74.9 Å². The summed E-state index contributed by atoms with van der Waals surface area (Å²) in [6, 6.07) is 0.367. The molecule has 0 aliphatic heterocycles. The van der Waals surface area contributed by atoms with Gasteiger partial charge in [-0.3, -0.25) is 0 Å². The molecule has 1 saturated carbocycles. The van der Waals surface area contributed by atoms with E-state index in [1.54, 1.807) is 7.05 Å². The van der Waals surface area contributed by atoms with Crippen LogP contribution in [0.15, 0.2) is 0 Å². The van der Waals surface area contributed by atoms with Gasteiger partial charge < -0.3 is 10.6 Å². The molecule has 12 heavy (non-hydrogen) atoms. The van der Waals surface area contributed by atoms with E-state index in [1.807, 2.05) is 13.8 Å². The van der Waals surface area contributed by atoms with Gasteiger partial charge in [-0.05, 0) is 18.8 Å². The van der Waals surface area contributed by atoms with Gasteiger partial charge in [-0.1, -0.05) is 20.8 Å². The van der Waals surface area contributed by atoms with Gasteiger partial charge in [-0.2, -0.15) is 0 Å². The van der Waals surface area contributed by atoms with Crippen molar-refractivity contribution in [3.63, 3.8) is 0 Å². The minimum atomic E-state index is -0.0584. The smallest absolute Gasteiger partial charge is 0.314 e. The van der Waals surface area contributed by atoms with Crippen molar-refractivity contribution in [1.29, 1.82) is 0 Å². The molecule has 0 unspecified atom stereocenters. The van der Waals surface area contributed by atoms with E-state index >= 15 is 0 Å². The van der Waals surface area contributed by atoms with E-state index in [4.69, 9.17) is 0 Å². The zero-order valence-electron chi connectivity index (χ0n) is 8.48. The largest absolute Gasteiger partial charge is 0.341 e. The van der Waals surface area contributed by atoms with Crippen LogP contribution < -0.4 is 10.6 Å². The third-order valence-corrected chi connectivity index (χ3v) is 1.94. The number of nitrogens with one attached hydrogen (secondary N) is 2. The molecule has 0 aromatic heterocycles. The first-order valence-electron chi connectivity index (χ1n) is 4.70. The summed E-state index contributed by atoms with van der Waals surface area (Å²) in [6.45, 7) is 6.20. The van der Waals surface area contributed by atoms with Crippen molar-refractivity contribution in [2.45, 2.75) is 39.7 Å². The second-order valence-corrected chi connectivity index (χ2v) is 3.00. The number of amides is 2. The third-order valence-electron chi connectivity index (χ3n) is 1.94. The summed E-state index contributed by atoms with van der Waals surface area (Å²) in [4.78, 5) is 10.7. The second-order valence-electron chi connectivity index (χ2n) is 3.00. The van der Waals surface area contributed by atoms with Gasteiger partial charge in [0, 0.05) is 13.1 Å². The standard InChI is InChI=1S/C7H14N2O.C2H6/c1-5-3-6(4-5)9-7(10)8-2;1-2/h5-6H,3-4H2,1-2H3,(H2,8,9,10);1-2H3. The van der Waals surface area contributed by atoms with Crippen molar-refractivity contribution in [2.75, 3.05) is 7.05 Å². The van der Waals surface area contributed by atoms with Crippen LogP contribution in [0.3, 0.4) is 0 Å². The Bertz CT molecular complexity index is 130. The molecule has 72 valence electrons. The van der Waals surface area contributed by atoms with Crippen LogP contribution in [0.25, 0.3) is 0 Å². The minimum absolute atomic E-state index is 0.0584. The fraction of sp³-hybridized carbons (Fsp3) is 0.889. The molecule has 3 nitrogen and oxygen atoms in total.